The number of nitrogens with zero attached hydrogens (tertiary/aromatic N) is 4. The predicted molar refractivity (Wildman–Crippen MR) is 91.6 cm³/mol. The van der Waals surface area contributed by atoms with E-state index < -0.39 is 0 Å². The topological polar surface area (TPSA) is 81.9 Å². The highest BCUT2D eigenvalue weighted by Crippen LogP contribution is 2.37. The van der Waals surface area contributed by atoms with Gasteiger partial charge in [-0.3, -0.25) is 4.79 Å². The van der Waals surface area contributed by atoms with Crippen molar-refractivity contribution in [2.75, 3.05) is 18.5 Å². The van der Waals surface area contributed by atoms with Gasteiger partial charge < -0.3 is 10.1 Å². The summed E-state index contributed by atoms with van der Waals surface area (Å²) >= 11 is 1.62. The van der Waals surface area contributed by atoms with E-state index in [1.54, 1.807) is 28.4 Å². The Morgan fingerprint density at radius 2 is 2.25 bits per heavy atom. The molecule has 1 aliphatic rings. The third kappa shape index (κ3) is 2.57. The van der Waals surface area contributed by atoms with Crippen LogP contribution in [0.3, 0.4) is 0 Å². The molecule has 1 saturated heterocycles. The number of fused-ring (bicyclic) bond motifs is 1. The molecule has 0 spiro atoms. The Morgan fingerprint density at radius 3 is 3.00 bits per heavy atom. The molecule has 3 aromatic rings. The van der Waals surface area contributed by atoms with Crippen LogP contribution >= 0.6 is 11.3 Å². The Morgan fingerprint density at radius 1 is 1.38 bits per heavy atom. The van der Waals surface area contributed by atoms with E-state index in [0.29, 0.717) is 5.82 Å². The molecule has 7 nitrogen and oxygen atoms in total. The van der Waals surface area contributed by atoms with E-state index in [-0.39, 0.29) is 11.3 Å². The van der Waals surface area contributed by atoms with Gasteiger partial charge in [-0.15, -0.1) is 0 Å². The minimum atomic E-state index is -0.154. The quantitative estimate of drug-likeness (QED) is 0.790. The molecule has 0 saturated carbocycles. The predicted octanol–water partition coefficient (Wildman–Crippen LogP) is 2.51. The number of hydrogen-bond donors (Lipinski definition) is 1. The fourth-order valence-electron chi connectivity index (χ4n) is 2.82. The maximum atomic E-state index is 11.2. The van der Waals surface area contributed by atoms with E-state index >= 15 is 0 Å². The number of thiazole rings is 1. The Kier molecular flexibility index (Phi) is 3.58. The van der Waals surface area contributed by atoms with E-state index in [1.165, 1.54) is 11.8 Å². The summed E-state index contributed by atoms with van der Waals surface area (Å²) in [5.74, 6) is 0.350. The minimum absolute atomic E-state index is 0.0295. The molecule has 4 heterocycles. The van der Waals surface area contributed by atoms with Crippen molar-refractivity contribution in [3.05, 3.63) is 29.5 Å². The standard InChI is InChI=1S/C16H17N5O2S/c1-10(22)20-14-5-12-11(6-17-14)7-19-21(12)15-18-8-13(24-15)16(2)3-4-23-9-16/h5-8H,3-4,9H2,1-2H3,(H,17,20,22). The summed E-state index contributed by atoms with van der Waals surface area (Å²) in [6.07, 6.45) is 6.37. The Balaban J connectivity index is 1.73. The molecule has 24 heavy (non-hydrogen) atoms. The van der Waals surface area contributed by atoms with Gasteiger partial charge in [0.2, 0.25) is 11.0 Å². The van der Waals surface area contributed by atoms with Crippen LogP contribution in [0.1, 0.15) is 25.1 Å². The summed E-state index contributed by atoms with van der Waals surface area (Å²) in [5, 5.41) is 8.82. The Hall–Kier alpha value is -2.32. The molecule has 1 fully saturated rings. The number of carbonyl (C=O) groups is 1. The number of carbonyl (C=O) groups excluding carboxylic acids is 1. The zero-order chi connectivity index (χ0) is 16.7. The lowest BCUT2D eigenvalue weighted by Gasteiger charge is -2.18. The molecular formula is C16H17N5O2S. The minimum Gasteiger partial charge on any atom is -0.380 e. The molecule has 1 amide bonds. The molecular weight excluding hydrogens is 326 g/mol. The second-order valence-corrected chi connectivity index (χ2v) is 7.25. The fourth-order valence-corrected chi connectivity index (χ4v) is 3.87. The molecule has 3 aromatic heterocycles. The van der Waals surface area contributed by atoms with Crippen LogP contribution in [-0.4, -0.2) is 38.9 Å². The molecule has 0 aromatic carbocycles. The van der Waals surface area contributed by atoms with Gasteiger partial charge in [-0.25, -0.2) is 14.6 Å². The third-order valence-corrected chi connectivity index (χ3v) is 5.52. The van der Waals surface area contributed by atoms with Gasteiger partial charge in [0, 0.05) is 47.7 Å². The van der Waals surface area contributed by atoms with Gasteiger partial charge in [0.1, 0.15) is 5.82 Å². The number of ether oxygens (including phenoxy) is 1. The SMILES string of the molecule is CC(=O)Nc1cc2c(cn1)cnn2-c1ncc(C2(C)CCOC2)s1. The van der Waals surface area contributed by atoms with Crippen LogP contribution in [0.15, 0.2) is 24.7 Å². The average Bonchev–Trinajstić information content (AvgIpc) is 3.24. The lowest BCUT2D eigenvalue weighted by molar-refractivity contribution is -0.114. The van der Waals surface area contributed by atoms with Crippen LogP contribution in [0.25, 0.3) is 16.0 Å². The summed E-state index contributed by atoms with van der Waals surface area (Å²) < 4.78 is 7.33. The summed E-state index contributed by atoms with van der Waals surface area (Å²) in [4.78, 5) is 21.2. The summed E-state index contributed by atoms with van der Waals surface area (Å²) in [5.41, 5.74) is 0.893. The maximum Gasteiger partial charge on any atom is 0.222 e. The first-order valence-electron chi connectivity index (χ1n) is 7.71. The van der Waals surface area contributed by atoms with Crippen LogP contribution in [0, 0.1) is 0 Å². The van der Waals surface area contributed by atoms with E-state index in [2.05, 4.69) is 27.3 Å². The first kappa shape index (κ1) is 15.2. The summed E-state index contributed by atoms with van der Waals surface area (Å²) in [7, 11) is 0. The highest BCUT2D eigenvalue weighted by molar-refractivity contribution is 7.14. The second kappa shape index (κ2) is 5.64. The third-order valence-electron chi connectivity index (χ3n) is 4.24. The molecule has 1 N–H and O–H groups in total. The number of pyridine rings is 1. The summed E-state index contributed by atoms with van der Waals surface area (Å²) in [6.45, 7) is 5.18. The molecule has 1 aliphatic heterocycles. The van der Waals surface area contributed by atoms with Gasteiger partial charge in [-0.1, -0.05) is 18.3 Å². The molecule has 0 aliphatic carbocycles. The van der Waals surface area contributed by atoms with Crippen LogP contribution in [-0.2, 0) is 14.9 Å². The van der Waals surface area contributed by atoms with Crippen LogP contribution in [0.5, 0.6) is 0 Å². The highest BCUT2D eigenvalue weighted by atomic mass is 32.1. The van der Waals surface area contributed by atoms with Crippen molar-refractivity contribution in [3.63, 3.8) is 0 Å². The van der Waals surface area contributed by atoms with Crippen LogP contribution < -0.4 is 5.32 Å². The lowest BCUT2D eigenvalue weighted by Crippen LogP contribution is -2.19. The van der Waals surface area contributed by atoms with Gasteiger partial charge in [0.25, 0.3) is 0 Å². The monoisotopic (exact) mass is 343 g/mol. The Labute approximate surface area is 142 Å². The molecule has 124 valence electrons. The largest absolute Gasteiger partial charge is 0.380 e. The number of rotatable bonds is 3. The lowest BCUT2D eigenvalue weighted by atomic mass is 9.89. The van der Waals surface area contributed by atoms with Gasteiger partial charge >= 0.3 is 0 Å². The van der Waals surface area contributed by atoms with Crippen LogP contribution in [0.2, 0.25) is 0 Å². The van der Waals surface area contributed by atoms with E-state index in [4.69, 9.17) is 4.74 Å². The van der Waals surface area contributed by atoms with Crippen molar-refractivity contribution in [1.82, 2.24) is 19.7 Å². The molecule has 0 bridgehead atoms. The van der Waals surface area contributed by atoms with E-state index in [0.717, 1.165) is 35.7 Å². The number of anilines is 1. The molecule has 1 atom stereocenters. The molecule has 8 heteroatoms. The van der Waals surface area contributed by atoms with Gasteiger partial charge in [-0.05, 0) is 6.42 Å². The second-order valence-electron chi connectivity index (χ2n) is 6.24. The number of amides is 1. The smallest absolute Gasteiger partial charge is 0.222 e. The molecule has 0 radical (unpaired) electrons. The highest BCUT2D eigenvalue weighted by Gasteiger charge is 2.33. The summed E-state index contributed by atoms with van der Waals surface area (Å²) in [6, 6.07) is 1.81. The molecule has 1 unspecified atom stereocenters. The zero-order valence-electron chi connectivity index (χ0n) is 13.4. The first-order valence-corrected chi connectivity index (χ1v) is 8.53. The maximum absolute atomic E-state index is 11.2. The average molecular weight is 343 g/mol. The van der Waals surface area contributed by atoms with E-state index in [9.17, 15) is 4.79 Å². The van der Waals surface area contributed by atoms with Crippen molar-refractivity contribution >= 4 is 34.0 Å². The number of nitrogens with one attached hydrogen (secondary N) is 1. The van der Waals surface area contributed by atoms with Gasteiger partial charge in [0.05, 0.1) is 18.3 Å². The first-order chi connectivity index (χ1) is 11.5. The van der Waals surface area contributed by atoms with Crippen molar-refractivity contribution in [2.45, 2.75) is 25.7 Å². The normalized spacial score (nSPS) is 20.6. The molecule has 4 rings (SSSR count). The fraction of sp³-hybridized carbons (Fsp3) is 0.375. The van der Waals surface area contributed by atoms with Gasteiger partial charge in [0.15, 0.2) is 0 Å². The number of hydrogen-bond acceptors (Lipinski definition) is 6. The van der Waals surface area contributed by atoms with Crippen molar-refractivity contribution in [3.8, 4) is 5.13 Å². The van der Waals surface area contributed by atoms with Crippen LogP contribution in [0.4, 0.5) is 5.82 Å². The van der Waals surface area contributed by atoms with Gasteiger partial charge in [-0.2, -0.15) is 5.10 Å². The zero-order valence-corrected chi connectivity index (χ0v) is 14.3. The van der Waals surface area contributed by atoms with Crippen molar-refractivity contribution in [1.29, 1.82) is 0 Å². The van der Waals surface area contributed by atoms with Crippen molar-refractivity contribution in [2.24, 2.45) is 0 Å². The van der Waals surface area contributed by atoms with Crippen molar-refractivity contribution < 1.29 is 9.53 Å². The number of aromatic nitrogens is 4. The Bertz CT molecular complexity index is 910. The van der Waals surface area contributed by atoms with E-state index in [1.807, 2.05) is 12.3 Å².